The van der Waals surface area contributed by atoms with E-state index in [2.05, 4.69) is 5.32 Å². The molecular formula is C16H27ClN2O2. The van der Waals surface area contributed by atoms with E-state index in [-0.39, 0.29) is 11.8 Å². The highest BCUT2D eigenvalue weighted by molar-refractivity contribution is 6.25. The minimum Gasteiger partial charge on any atom is -0.340 e. The number of carbonyl (C=O) groups is 2. The molecule has 1 saturated heterocycles. The highest BCUT2D eigenvalue weighted by Crippen LogP contribution is 2.35. The number of halogens is 1. The van der Waals surface area contributed by atoms with Gasteiger partial charge in [-0.15, -0.1) is 0 Å². The number of nitrogens with zero attached hydrogens (tertiary/aromatic N) is 1. The van der Waals surface area contributed by atoms with Gasteiger partial charge in [-0.1, -0.05) is 39.3 Å². The van der Waals surface area contributed by atoms with E-state index in [1.807, 2.05) is 34.6 Å². The Hall–Kier alpha value is -1.03. The molecule has 0 radical (unpaired) electrons. The zero-order valence-electron chi connectivity index (χ0n) is 13.8. The second-order valence-corrected chi connectivity index (χ2v) is 6.05. The van der Waals surface area contributed by atoms with Gasteiger partial charge < -0.3 is 10.2 Å². The number of nitrogens with one attached hydrogen (secondary N) is 1. The van der Waals surface area contributed by atoms with Crippen LogP contribution in [0.4, 0.5) is 0 Å². The van der Waals surface area contributed by atoms with Gasteiger partial charge in [0.1, 0.15) is 11.1 Å². The molecule has 0 aromatic carbocycles. The molecule has 1 heterocycles. The summed E-state index contributed by atoms with van der Waals surface area (Å²) in [6.45, 7) is 10.1. The number of piperazine rings is 1. The van der Waals surface area contributed by atoms with Gasteiger partial charge in [-0.25, -0.2) is 0 Å². The lowest BCUT2D eigenvalue weighted by molar-refractivity contribution is -0.163. The molecule has 0 aromatic heterocycles. The van der Waals surface area contributed by atoms with Crippen LogP contribution < -0.4 is 5.32 Å². The second-order valence-electron chi connectivity index (χ2n) is 5.83. The quantitative estimate of drug-likeness (QED) is 0.818. The molecule has 0 spiro atoms. The number of hydrogen-bond acceptors (Lipinski definition) is 2. The van der Waals surface area contributed by atoms with Crippen molar-refractivity contribution in [2.24, 2.45) is 0 Å². The zero-order valence-corrected chi connectivity index (χ0v) is 14.5. The molecule has 0 atom stereocenters. The maximum absolute atomic E-state index is 13.1. The van der Waals surface area contributed by atoms with Crippen molar-refractivity contribution in [2.75, 3.05) is 6.54 Å². The summed E-state index contributed by atoms with van der Waals surface area (Å²) < 4.78 is 0. The van der Waals surface area contributed by atoms with Gasteiger partial charge in [0.2, 0.25) is 11.8 Å². The minimum atomic E-state index is -0.780. The molecule has 21 heavy (non-hydrogen) atoms. The maximum Gasteiger partial charge on any atom is 0.249 e. The third-order valence-corrected chi connectivity index (χ3v) is 5.29. The number of carbonyl (C=O) groups excluding carboxylic acids is 2. The molecule has 120 valence electrons. The summed E-state index contributed by atoms with van der Waals surface area (Å²) in [4.78, 5) is 27.6. The smallest absolute Gasteiger partial charge is 0.249 e. The van der Waals surface area contributed by atoms with Crippen LogP contribution in [-0.2, 0) is 9.59 Å². The molecule has 1 aliphatic rings. The van der Waals surface area contributed by atoms with Gasteiger partial charge in [-0.3, -0.25) is 9.59 Å². The van der Waals surface area contributed by atoms with Gasteiger partial charge in [0.15, 0.2) is 0 Å². The Balaban J connectivity index is 3.36. The molecule has 1 fully saturated rings. The summed E-state index contributed by atoms with van der Waals surface area (Å²) in [5.41, 5.74) is 0.811. The topological polar surface area (TPSA) is 49.4 Å². The summed E-state index contributed by atoms with van der Waals surface area (Å²) in [6.07, 6.45) is 2.38. The summed E-state index contributed by atoms with van der Waals surface area (Å²) in [5, 5.41) is 3.01. The van der Waals surface area contributed by atoms with Crippen molar-refractivity contribution < 1.29 is 9.59 Å². The van der Waals surface area contributed by atoms with Crippen LogP contribution in [0.15, 0.2) is 11.1 Å². The van der Waals surface area contributed by atoms with Gasteiger partial charge in [0.05, 0.1) is 0 Å². The lowest BCUT2D eigenvalue weighted by Gasteiger charge is -2.52. The molecule has 0 aliphatic carbocycles. The molecule has 2 amide bonds. The third kappa shape index (κ3) is 2.83. The molecule has 4 nitrogen and oxygen atoms in total. The number of amides is 2. The van der Waals surface area contributed by atoms with Crippen molar-refractivity contribution >= 4 is 23.4 Å². The standard InChI is InChI=1S/C16H27ClN2O2/c1-6-15(7-2)14(21)19(11-12(5)10-17)16(8-3,9-4)13(20)18-15/h10H,6-9,11H2,1-5H3,(H,18,20). The Labute approximate surface area is 132 Å². The van der Waals surface area contributed by atoms with E-state index in [1.54, 1.807) is 4.90 Å². The molecule has 1 rings (SSSR count). The van der Waals surface area contributed by atoms with E-state index in [1.165, 1.54) is 5.54 Å². The van der Waals surface area contributed by atoms with Gasteiger partial charge in [-0.05, 0) is 38.2 Å². The fourth-order valence-corrected chi connectivity index (χ4v) is 3.22. The monoisotopic (exact) mass is 314 g/mol. The Morgan fingerprint density at radius 3 is 2.05 bits per heavy atom. The first-order chi connectivity index (χ1) is 9.87. The van der Waals surface area contributed by atoms with Crippen LogP contribution in [0, 0.1) is 0 Å². The van der Waals surface area contributed by atoms with Crippen molar-refractivity contribution in [3.63, 3.8) is 0 Å². The van der Waals surface area contributed by atoms with Gasteiger partial charge in [0.25, 0.3) is 0 Å². The first-order valence-electron chi connectivity index (χ1n) is 7.77. The Bertz CT molecular complexity index is 438. The summed E-state index contributed by atoms with van der Waals surface area (Å²) in [6, 6.07) is 0. The summed E-state index contributed by atoms with van der Waals surface area (Å²) >= 11 is 5.77. The zero-order chi connectivity index (χ0) is 16.3. The van der Waals surface area contributed by atoms with E-state index < -0.39 is 11.1 Å². The van der Waals surface area contributed by atoms with Crippen LogP contribution in [0.5, 0.6) is 0 Å². The summed E-state index contributed by atoms with van der Waals surface area (Å²) in [5.74, 6) is -0.0353. The molecule has 1 N–H and O–H groups in total. The molecule has 1 aliphatic heterocycles. The largest absolute Gasteiger partial charge is 0.340 e. The average Bonchev–Trinajstić information content (AvgIpc) is 2.51. The van der Waals surface area contributed by atoms with Crippen LogP contribution in [0.1, 0.15) is 60.3 Å². The van der Waals surface area contributed by atoms with Crippen LogP contribution in [0.3, 0.4) is 0 Å². The van der Waals surface area contributed by atoms with Crippen molar-refractivity contribution in [1.82, 2.24) is 10.2 Å². The van der Waals surface area contributed by atoms with Crippen molar-refractivity contribution in [3.05, 3.63) is 11.1 Å². The first kappa shape index (κ1) is 18.0. The van der Waals surface area contributed by atoms with Gasteiger partial charge >= 0.3 is 0 Å². The predicted molar refractivity (Wildman–Crippen MR) is 86.1 cm³/mol. The first-order valence-corrected chi connectivity index (χ1v) is 8.21. The Kier molecular flexibility index (Phi) is 5.85. The highest BCUT2D eigenvalue weighted by atomic mass is 35.5. The fraction of sp³-hybridized carbons (Fsp3) is 0.750. The van der Waals surface area contributed by atoms with Crippen LogP contribution in [0.2, 0.25) is 0 Å². The van der Waals surface area contributed by atoms with E-state index in [4.69, 9.17) is 11.6 Å². The summed E-state index contributed by atoms with van der Waals surface area (Å²) in [7, 11) is 0. The minimum absolute atomic E-state index is 0.00802. The van der Waals surface area contributed by atoms with Crippen molar-refractivity contribution in [2.45, 2.75) is 71.4 Å². The van der Waals surface area contributed by atoms with Crippen molar-refractivity contribution in [1.29, 1.82) is 0 Å². The molecule has 0 saturated carbocycles. The van der Waals surface area contributed by atoms with Crippen LogP contribution in [0.25, 0.3) is 0 Å². The molecule has 0 unspecified atom stereocenters. The van der Waals surface area contributed by atoms with Gasteiger partial charge in [0, 0.05) is 12.1 Å². The molecule has 0 aromatic rings. The highest BCUT2D eigenvalue weighted by Gasteiger charge is 2.55. The molecule has 5 heteroatoms. The third-order valence-electron chi connectivity index (χ3n) is 4.92. The van der Waals surface area contributed by atoms with E-state index in [9.17, 15) is 9.59 Å². The SMILES string of the molecule is CCC1(CC)NC(=O)C(CC)(CC)N(CC(C)=CCl)C1=O. The lowest BCUT2D eigenvalue weighted by Crippen LogP contribution is -2.75. The van der Waals surface area contributed by atoms with Crippen LogP contribution in [-0.4, -0.2) is 34.3 Å². The average molecular weight is 315 g/mol. The fourth-order valence-electron chi connectivity index (χ4n) is 3.15. The molecular weight excluding hydrogens is 288 g/mol. The predicted octanol–water partition coefficient (Wildman–Crippen LogP) is 3.21. The lowest BCUT2D eigenvalue weighted by atomic mass is 9.79. The molecule has 0 bridgehead atoms. The van der Waals surface area contributed by atoms with E-state index in [0.29, 0.717) is 32.2 Å². The Morgan fingerprint density at radius 2 is 1.67 bits per heavy atom. The Morgan fingerprint density at radius 1 is 1.14 bits per heavy atom. The van der Waals surface area contributed by atoms with E-state index in [0.717, 1.165) is 5.57 Å². The maximum atomic E-state index is 13.1. The van der Waals surface area contributed by atoms with Crippen LogP contribution >= 0.6 is 11.6 Å². The van der Waals surface area contributed by atoms with Crippen molar-refractivity contribution in [3.8, 4) is 0 Å². The normalized spacial score (nSPS) is 21.4. The second kappa shape index (κ2) is 6.82. The van der Waals surface area contributed by atoms with E-state index >= 15 is 0 Å². The van der Waals surface area contributed by atoms with Gasteiger partial charge in [-0.2, -0.15) is 0 Å². The number of rotatable bonds is 6. The number of hydrogen-bond donors (Lipinski definition) is 1.